The van der Waals surface area contributed by atoms with Gasteiger partial charge in [-0.15, -0.1) is 0 Å². The van der Waals surface area contributed by atoms with E-state index < -0.39 is 29.9 Å². The number of nitrogens with zero attached hydrogens (tertiary/aromatic N) is 1. The minimum Gasteiger partial charge on any atom is -0.497 e. The summed E-state index contributed by atoms with van der Waals surface area (Å²) in [5, 5.41) is 5.56. The van der Waals surface area contributed by atoms with Gasteiger partial charge in [-0.25, -0.2) is 9.69 Å². The molecule has 1 fully saturated rings. The maximum Gasteiger partial charge on any atom is 0.325 e. The van der Waals surface area contributed by atoms with Gasteiger partial charge in [0.1, 0.15) is 17.8 Å². The molecule has 4 amide bonds. The fourth-order valence-electron chi connectivity index (χ4n) is 3.71. The smallest absolute Gasteiger partial charge is 0.325 e. The van der Waals surface area contributed by atoms with Gasteiger partial charge in [0, 0.05) is 15.7 Å². The van der Waals surface area contributed by atoms with Crippen LogP contribution < -0.4 is 15.4 Å². The van der Waals surface area contributed by atoms with Crippen LogP contribution in [0.25, 0.3) is 0 Å². The van der Waals surface area contributed by atoms with E-state index in [0.717, 1.165) is 14.0 Å². The molecule has 0 aromatic heterocycles. The molecule has 3 aromatic carbocycles. The van der Waals surface area contributed by atoms with Crippen molar-refractivity contribution >= 4 is 46.1 Å². The number of benzene rings is 3. The predicted molar refractivity (Wildman–Crippen MR) is 133 cm³/mol. The van der Waals surface area contributed by atoms with Crippen LogP contribution in [0.3, 0.4) is 0 Å². The minimum absolute atomic E-state index is 0.200. The summed E-state index contributed by atoms with van der Waals surface area (Å²) >= 11 is 2.18. The zero-order valence-corrected chi connectivity index (χ0v) is 20.0. The molecule has 0 bridgehead atoms. The highest BCUT2D eigenvalue weighted by atomic mass is 127. The summed E-state index contributed by atoms with van der Waals surface area (Å²) in [5.41, 5.74) is 2.05. The molecule has 4 rings (SSSR count). The highest BCUT2D eigenvalue weighted by Gasteiger charge is 2.45. The van der Waals surface area contributed by atoms with Gasteiger partial charge in [0.2, 0.25) is 5.91 Å². The Balaban J connectivity index is 1.62. The first-order valence-corrected chi connectivity index (χ1v) is 11.4. The molecule has 1 aliphatic rings. The maximum absolute atomic E-state index is 13.3. The number of hydrogen-bond acceptors (Lipinski definition) is 4. The molecule has 33 heavy (non-hydrogen) atoms. The lowest BCUT2D eigenvalue weighted by Crippen LogP contribution is -2.49. The van der Waals surface area contributed by atoms with Gasteiger partial charge in [-0.05, 0) is 70.1 Å². The van der Waals surface area contributed by atoms with Crippen molar-refractivity contribution in [3.8, 4) is 5.75 Å². The fourth-order valence-corrected chi connectivity index (χ4v) is 4.07. The van der Waals surface area contributed by atoms with Crippen LogP contribution in [0, 0.1) is 3.57 Å². The molecule has 168 valence electrons. The molecule has 0 spiro atoms. The van der Waals surface area contributed by atoms with E-state index in [1.54, 1.807) is 43.5 Å². The lowest BCUT2D eigenvalue weighted by molar-refractivity contribution is -0.134. The molecule has 1 aliphatic heterocycles. The number of amides is 4. The Hall–Kier alpha value is -3.40. The normalized spacial score (nSPS) is 16.3. The molecule has 0 saturated carbocycles. The highest BCUT2D eigenvalue weighted by Crippen LogP contribution is 2.27. The molecule has 1 heterocycles. The van der Waals surface area contributed by atoms with Crippen molar-refractivity contribution in [1.82, 2.24) is 10.2 Å². The van der Waals surface area contributed by atoms with E-state index in [2.05, 4.69) is 33.2 Å². The first kappa shape index (κ1) is 22.8. The largest absolute Gasteiger partial charge is 0.497 e. The summed E-state index contributed by atoms with van der Waals surface area (Å²) in [6.45, 7) is 0. The second-order valence-corrected chi connectivity index (χ2v) is 8.81. The van der Waals surface area contributed by atoms with E-state index in [4.69, 9.17) is 4.74 Å². The Kier molecular flexibility index (Phi) is 6.93. The van der Waals surface area contributed by atoms with E-state index in [1.165, 1.54) is 0 Å². The summed E-state index contributed by atoms with van der Waals surface area (Å²) in [6.07, 6.45) is 0.200. The second kappa shape index (κ2) is 10.0. The van der Waals surface area contributed by atoms with Crippen LogP contribution in [-0.4, -0.2) is 35.9 Å². The van der Waals surface area contributed by atoms with E-state index in [0.29, 0.717) is 17.0 Å². The number of methoxy groups -OCH3 is 1. The summed E-state index contributed by atoms with van der Waals surface area (Å²) in [5.74, 6) is -0.256. The topological polar surface area (TPSA) is 87.7 Å². The average molecular weight is 555 g/mol. The van der Waals surface area contributed by atoms with E-state index in [1.807, 2.05) is 42.5 Å². The molecule has 2 atom stereocenters. The van der Waals surface area contributed by atoms with Crippen molar-refractivity contribution in [2.24, 2.45) is 0 Å². The Labute approximate surface area is 205 Å². The molecule has 0 aliphatic carbocycles. The number of imide groups is 1. The molecular weight excluding hydrogens is 533 g/mol. The van der Waals surface area contributed by atoms with Gasteiger partial charge in [-0.2, -0.15) is 0 Å². The number of halogens is 1. The van der Waals surface area contributed by atoms with Crippen molar-refractivity contribution in [3.63, 3.8) is 0 Å². The maximum atomic E-state index is 13.3. The van der Waals surface area contributed by atoms with Crippen LogP contribution in [0.4, 0.5) is 10.5 Å². The Morgan fingerprint density at radius 3 is 2.33 bits per heavy atom. The molecule has 8 heteroatoms. The summed E-state index contributed by atoms with van der Waals surface area (Å²) in [4.78, 5) is 40.6. The van der Waals surface area contributed by atoms with Crippen LogP contribution in [0.2, 0.25) is 0 Å². The number of ether oxygens (including phenoxy) is 1. The number of hydrogen-bond donors (Lipinski definition) is 2. The van der Waals surface area contributed by atoms with Crippen molar-refractivity contribution in [1.29, 1.82) is 0 Å². The average Bonchev–Trinajstić information content (AvgIpc) is 3.13. The quantitative estimate of drug-likeness (QED) is 0.339. The van der Waals surface area contributed by atoms with E-state index >= 15 is 0 Å². The van der Waals surface area contributed by atoms with Crippen LogP contribution >= 0.6 is 22.6 Å². The molecule has 1 unspecified atom stereocenters. The van der Waals surface area contributed by atoms with Crippen molar-refractivity contribution in [2.45, 2.75) is 18.5 Å². The summed E-state index contributed by atoms with van der Waals surface area (Å²) in [7, 11) is 1.56. The number of anilines is 1. The van der Waals surface area contributed by atoms with E-state index in [9.17, 15) is 14.4 Å². The van der Waals surface area contributed by atoms with Gasteiger partial charge in [-0.1, -0.05) is 42.5 Å². The lowest BCUT2D eigenvalue weighted by atomic mass is 10.0. The van der Waals surface area contributed by atoms with Gasteiger partial charge < -0.3 is 15.4 Å². The number of rotatable bonds is 7. The lowest BCUT2D eigenvalue weighted by Gasteiger charge is -2.25. The zero-order chi connectivity index (χ0) is 23.4. The van der Waals surface area contributed by atoms with Gasteiger partial charge >= 0.3 is 6.03 Å². The van der Waals surface area contributed by atoms with E-state index in [-0.39, 0.29) is 6.42 Å². The van der Waals surface area contributed by atoms with Crippen molar-refractivity contribution in [2.75, 3.05) is 12.4 Å². The SMILES string of the molecule is COc1ccc([C@H]2NC(=O)N(C(Cc3ccccc3)C(=O)Nc3ccc(I)cc3)C2=O)cc1. The molecule has 3 aromatic rings. The molecular formula is C25H22IN3O4. The minimum atomic E-state index is -1.01. The fraction of sp³-hybridized carbons (Fsp3) is 0.160. The third-order valence-corrected chi connectivity index (χ3v) is 6.14. The molecule has 0 radical (unpaired) electrons. The van der Waals surface area contributed by atoms with Crippen molar-refractivity contribution < 1.29 is 19.1 Å². The zero-order valence-electron chi connectivity index (χ0n) is 17.8. The number of urea groups is 1. The Morgan fingerprint density at radius 2 is 1.70 bits per heavy atom. The van der Waals surface area contributed by atoms with Crippen LogP contribution in [0.15, 0.2) is 78.9 Å². The predicted octanol–water partition coefficient (Wildman–Crippen LogP) is 4.14. The Morgan fingerprint density at radius 1 is 1.03 bits per heavy atom. The second-order valence-electron chi connectivity index (χ2n) is 7.57. The van der Waals surface area contributed by atoms with Gasteiger partial charge in [0.15, 0.2) is 0 Å². The van der Waals surface area contributed by atoms with Crippen LogP contribution in [0.1, 0.15) is 17.2 Å². The first-order valence-electron chi connectivity index (χ1n) is 10.3. The van der Waals surface area contributed by atoms with Crippen LogP contribution in [0.5, 0.6) is 5.75 Å². The Bertz CT molecular complexity index is 1150. The van der Waals surface area contributed by atoms with Crippen LogP contribution in [-0.2, 0) is 16.0 Å². The van der Waals surface area contributed by atoms with Gasteiger partial charge in [0.05, 0.1) is 7.11 Å². The third kappa shape index (κ3) is 5.16. The number of carbonyl (C=O) groups is 3. The van der Waals surface area contributed by atoms with Gasteiger partial charge in [-0.3, -0.25) is 9.59 Å². The molecule has 1 saturated heterocycles. The molecule has 7 nitrogen and oxygen atoms in total. The third-order valence-electron chi connectivity index (χ3n) is 5.42. The van der Waals surface area contributed by atoms with Crippen molar-refractivity contribution in [3.05, 3.63) is 93.6 Å². The first-order chi connectivity index (χ1) is 16.0. The summed E-state index contributed by atoms with van der Waals surface area (Å²) < 4.78 is 6.20. The molecule has 2 N–H and O–H groups in total. The van der Waals surface area contributed by atoms with Gasteiger partial charge in [0.25, 0.3) is 5.91 Å². The number of carbonyl (C=O) groups excluding carboxylic acids is 3. The highest BCUT2D eigenvalue weighted by molar-refractivity contribution is 14.1. The standard InChI is InChI=1S/C25H22IN3O4/c1-33-20-13-7-17(8-14-20)22-24(31)29(25(32)28-22)21(15-16-5-3-2-4-6-16)23(30)27-19-11-9-18(26)10-12-19/h2-14,21-22H,15H2,1H3,(H,27,30)(H,28,32)/t21?,22-/m1/s1. The monoisotopic (exact) mass is 555 g/mol. The summed E-state index contributed by atoms with van der Waals surface area (Å²) in [6, 6.07) is 21.0. The number of nitrogens with one attached hydrogen (secondary N) is 2.